The molecule has 31 heavy (non-hydrogen) atoms. The topological polar surface area (TPSA) is 110 Å². The summed E-state index contributed by atoms with van der Waals surface area (Å²) in [5, 5.41) is 4.89. The number of hydrogen-bond donors (Lipinski definition) is 2. The number of hydrogen-bond acceptors (Lipinski definition) is 5. The van der Waals surface area contributed by atoms with Crippen molar-refractivity contribution in [3.63, 3.8) is 0 Å². The highest BCUT2D eigenvalue weighted by Crippen LogP contribution is 2.38. The lowest BCUT2D eigenvalue weighted by atomic mass is 9.78. The molecule has 0 saturated heterocycles. The van der Waals surface area contributed by atoms with Crippen LogP contribution in [0, 0.1) is 5.92 Å². The van der Waals surface area contributed by atoms with Gasteiger partial charge in [0.15, 0.2) is 0 Å². The van der Waals surface area contributed by atoms with E-state index in [0.717, 1.165) is 16.8 Å². The number of nitrogens with one attached hydrogen (secondary N) is 1. The first-order chi connectivity index (χ1) is 14.5. The Bertz CT molecular complexity index is 1110. The fourth-order valence-corrected chi connectivity index (χ4v) is 6.60. The lowest BCUT2D eigenvalue weighted by Crippen LogP contribution is -2.39. The normalized spacial score (nSPS) is 20.1. The zero-order valence-corrected chi connectivity index (χ0v) is 19.8. The van der Waals surface area contributed by atoms with Crippen LogP contribution in [0.15, 0.2) is 53.4 Å². The fourth-order valence-electron chi connectivity index (χ4n) is 4.27. The number of benzene rings is 2. The van der Waals surface area contributed by atoms with Crippen molar-refractivity contribution < 1.29 is 16.8 Å². The molecule has 3 N–H and O–H groups in total. The lowest BCUT2D eigenvalue weighted by Gasteiger charge is -2.34. The highest BCUT2D eigenvalue weighted by Gasteiger charge is 2.37. The molecule has 3 rings (SSSR count). The second-order valence-corrected chi connectivity index (χ2v) is 12.1. The molecule has 0 fully saturated rings. The van der Waals surface area contributed by atoms with Gasteiger partial charge in [-0.3, -0.25) is 0 Å². The van der Waals surface area contributed by atoms with Crippen molar-refractivity contribution in [2.75, 3.05) is 25.5 Å². The van der Waals surface area contributed by atoms with Crippen LogP contribution in [0.2, 0.25) is 0 Å². The number of sulfonamides is 2. The van der Waals surface area contributed by atoms with Gasteiger partial charge in [0.05, 0.1) is 10.1 Å². The molecule has 170 valence electrons. The van der Waals surface area contributed by atoms with E-state index in [1.54, 1.807) is 24.3 Å². The molecular formula is C22H31N3O4S2. The monoisotopic (exact) mass is 465 g/mol. The minimum atomic E-state index is -3.70. The van der Waals surface area contributed by atoms with E-state index in [2.05, 4.69) is 4.72 Å². The van der Waals surface area contributed by atoms with E-state index in [1.165, 1.54) is 0 Å². The zero-order chi connectivity index (χ0) is 22.8. The van der Waals surface area contributed by atoms with Crippen LogP contribution in [0.25, 0.3) is 0 Å². The van der Waals surface area contributed by atoms with Crippen molar-refractivity contribution in [2.24, 2.45) is 11.1 Å². The predicted octanol–water partition coefficient (Wildman–Crippen LogP) is 2.44. The Labute approximate surface area is 185 Å². The second-order valence-electron chi connectivity index (χ2n) is 8.55. The van der Waals surface area contributed by atoms with Crippen molar-refractivity contribution in [1.29, 1.82) is 0 Å². The van der Waals surface area contributed by atoms with Crippen LogP contribution in [0.5, 0.6) is 0 Å². The van der Waals surface area contributed by atoms with E-state index in [0.29, 0.717) is 19.3 Å². The Kier molecular flexibility index (Phi) is 7.10. The molecule has 0 aromatic heterocycles. The van der Waals surface area contributed by atoms with Crippen molar-refractivity contribution in [2.45, 2.75) is 42.2 Å². The molecule has 1 aliphatic rings. The van der Waals surface area contributed by atoms with Gasteiger partial charge in [-0.05, 0) is 60.6 Å². The highest BCUT2D eigenvalue weighted by atomic mass is 32.2. The second kappa shape index (κ2) is 9.28. The number of fused-ring (bicyclic) bond motifs is 1. The molecule has 9 heteroatoms. The summed E-state index contributed by atoms with van der Waals surface area (Å²) >= 11 is 0. The van der Waals surface area contributed by atoms with Gasteiger partial charge in [-0.2, -0.15) is 0 Å². The van der Waals surface area contributed by atoms with Crippen LogP contribution < -0.4 is 14.8 Å². The van der Waals surface area contributed by atoms with E-state index in [1.807, 2.05) is 50.2 Å². The molecule has 0 heterocycles. The average molecular weight is 466 g/mol. The quantitative estimate of drug-likeness (QED) is 0.622. The Hall–Kier alpha value is -1.94. The van der Waals surface area contributed by atoms with Gasteiger partial charge in [0.25, 0.3) is 0 Å². The Morgan fingerprint density at radius 3 is 2.32 bits per heavy atom. The van der Waals surface area contributed by atoms with Crippen LogP contribution >= 0.6 is 0 Å². The van der Waals surface area contributed by atoms with Crippen LogP contribution in [0.1, 0.15) is 36.8 Å². The summed E-state index contributed by atoms with van der Waals surface area (Å²) in [6, 6.07) is 14.5. The SMILES string of the molecule is C[C@@H](CNS(=O)(=O)c1ccc(N(C)C)cc1)CC1c2ccccc2CCC1S(N)(=O)=O. The summed E-state index contributed by atoms with van der Waals surface area (Å²) < 4.78 is 52.5. The lowest BCUT2D eigenvalue weighted by molar-refractivity contribution is 0.416. The van der Waals surface area contributed by atoms with Gasteiger partial charge in [0, 0.05) is 32.2 Å². The van der Waals surface area contributed by atoms with E-state index in [9.17, 15) is 16.8 Å². The smallest absolute Gasteiger partial charge is 0.240 e. The predicted molar refractivity (Wildman–Crippen MR) is 124 cm³/mol. The van der Waals surface area contributed by atoms with Crippen LogP contribution in [-0.4, -0.2) is 42.7 Å². The van der Waals surface area contributed by atoms with Gasteiger partial charge in [-0.15, -0.1) is 0 Å². The summed E-state index contributed by atoms with van der Waals surface area (Å²) in [4.78, 5) is 2.10. The first kappa shape index (κ1) is 23.7. The Morgan fingerprint density at radius 2 is 1.71 bits per heavy atom. The molecule has 2 aromatic carbocycles. The first-order valence-electron chi connectivity index (χ1n) is 10.4. The van der Waals surface area contributed by atoms with E-state index in [4.69, 9.17) is 5.14 Å². The number of anilines is 1. The third kappa shape index (κ3) is 5.65. The summed E-state index contributed by atoms with van der Waals surface area (Å²) in [7, 11) is -3.57. The molecule has 2 aromatic rings. The maximum atomic E-state index is 12.7. The van der Waals surface area contributed by atoms with Crippen LogP contribution in [0.4, 0.5) is 5.69 Å². The van der Waals surface area contributed by atoms with E-state index >= 15 is 0 Å². The van der Waals surface area contributed by atoms with E-state index in [-0.39, 0.29) is 23.3 Å². The van der Waals surface area contributed by atoms with Gasteiger partial charge in [-0.1, -0.05) is 31.2 Å². The molecule has 2 unspecified atom stereocenters. The van der Waals surface area contributed by atoms with Crippen LogP contribution in [-0.2, 0) is 26.5 Å². The number of primary sulfonamides is 1. The molecule has 3 atom stereocenters. The van der Waals surface area contributed by atoms with Crippen molar-refractivity contribution in [3.05, 3.63) is 59.7 Å². The van der Waals surface area contributed by atoms with Crippen LogP contribution in [0.3, 0.4) is 0 Å². The maximum Gasteiger partial charge on any atom is 0.240 e. The maximum absolute atomic E-state index is 12.7. The molecule has 0 amide bonds. The van der Waals surface area contributed by atoms with Gasteiger partial charge in [-0.25, -0.2) is 26.7 Å². The van der Waals surface area contributed by atoms with Gasteiger partial charge >= 0.3 is 0 Å². The summed E-state index contributed by atoms with van der Waals surface area (Å²) in [6.07, 6.45) is 1.69. The molecule has 0 bridgehead atoms. The Morgan fingerprint density at radius 1 is 1.06 bits per heavy atom. The zero-order valence-electron chi connectivity index (χ0n) is 18.2. The third-order valence-corrected chi connectivity index (χ3v) is 8.81. The fraction of sp³-hybridized carbons (Fsp3) is 0.455. The third-order valence-electron chi connectivity index (χ3n) is 5.97. The van der Waals surface area contributed by atoms with Crippen molar-refractivity contribution in [1.82, 2.24) is 4.72 Å². The molecule has 0 radical (unpaired) electrons. The minimum Gasteiger partial charge on any atom is -0.378 e. The number of aryl methyl sites for hydroxylation is 1. The van der Waals surface area contributed by atoms with Crippen molar-refractivity contribution >= 4 is 25.7 Å². The number of nitrogens with zero attached hydrogens (tertiary/aromatic N) is 1. The molecule has 0 spiro atoms. The van der Waals surface area contributed by atoms with E-state index < -0.39 is 25.3 Å². The van der Waals surface area contributed by atoms with Gasteiger partial charge < -0.3 is 4.90 Å². The standard InChI is InChI=1S/C22H31N3O4S2/c1-16(15-24-31(28,29)19-11-9-18(10-12-19)25(2)3)14-21-20-7-5-4-6-17(20)8-13-22(21)30(23,26)27/h4-7,9-12,16,21-22,24H,8,13-15H2,1-3H3,(H2,23,26,27)/t16-,21?,22?/m1/s1. The average Bonchev–Trinajstić information content (AvgIpc) is 2.72. The summed E-state index contributed by atoms with van der Waals surface area (Å²) in [5.41, 5.74) is 3.06. The molecule has 0 aliphatic heterocycles. The molecule has 1 aliphatic carbocycles. The molecular weight excluding hydrogens is 434 g/mol. The van der Waals surface area contributed by atoms with Crippen molar-refractivity contribution in [3.8, 4) is 0 Å². The minimum absolute atomic E-state index is 0.0729. The Balaban J connectivity index is 1.72. The summed E-state index contributed by atoms with van der Waals surface area (Å²) in [5.74, 6) is -0.324. The number of rotatable bonds is 8. The largest absolute Gasteiger partial charge is 0.378 e. The highest BCUT2D eigenvalue weighted by molar-refractivity contribution is 7.90. The summed E-state index contributed by atoms with van der Waals surface area (Å²) in [6.45, 7) is 2.14. The number of nitrogens with two attached hydrogens (primary N) is 1. The van der Waals surface area contributed by atoms with Gasteiger partial charge in [0.1, 0.15) is 0 Å². The molecule has 0 saturated carbocycles. The van der Waals surface area contributed by atoms with Gasteiger partial charge in [0.2, 0.25) is 20.0 Å². The molecule has 7 nitrogen and oxygen atoms in total. The first-order valence-corrected chi connectivity index (χ1v) is 13.4.